The van der Waals surface area contributed by atoms with Crippen LogP contribution in [0.2, 0.25) is 0 Å². The number of carboxylic acid groups (broad SMARTS) is 1. The van der Waals surface area contributed by atoms with Gasteiger partial charge in [0, 0.05) is 25.3 Å². The minimum atomic E-state index is -0.835. The summed E-state index contributed by atoms with van der Waals surface area (Å²) in [4.78, 5) is 36.5. The average Bonchev–Trinajstić information content (AvgIpc) is 2.75. The van der Waals surface area contributed by atoms with Gasteiger partial charge in [-0.3, -0.25) is 19.3 Å². The molecule has 0 aromatic heterocycles. The van der Waals surface area contributed by atoms with E-state index < -0.39 is 5.97 Å². The summed E-state index contributed by atoms with van der Waals surface area (Å²) in [7, 11) is 0. The van der Waals surface area contributed by atoms with Crippen LogP contribution in [0.1, 0.15) is 64.7 Å². The van der Waals surface area contributed by atoms with Crippen molar-refractivity contribution >= 4 is 17.8 Å². The van der Waals surface area contributed by atoms with Crippen molar-refractivity contribution in [3.8, 4) is 0 Å². The van der Waals surface area contributed by atoms with E-state index in [2.05, 4.69) is 0 Å². The van der Waals surface area contributed by atoms with Crippen LogP contribution in [0.25, 0.3) is 0 Å². The molecule has 0 radical (unpaired) electrons. The Hall–Kier alpha value is -1.39. The van der Waals surface area contributed by atoms with Crippen molar-refractivity contribution in [2.45, 2.75) is 70.8 Å². The van der Waals surface area contributed by atoms with E-state index in [0.717, 1.165) is 25.7 Å². The van der Waals surface area contributed by atoms with Gasteiger partial charge < -0.3 is 5.11 Å². The summed E-state index contributed by atoms with van der Waals surface area (Å²) in [5, 5.41) is 8.63. The predicted molar refractivity (Wildman–Crippen MR) is 72.9 cm³/mol. The van der Waals surface area contributed by atoms with Crippen molar-refractivity contribution in [2.24, 2.45) is 5.41 Å². The van der Waals surface area contributed by atoms with Crippen LogP contribution in [0.15, 0.2) is 0 Å². The van der Waals surface area contributed by atoms with Crippen LogP contribution in [-0.2, 0) is 14.4 Å². The molecule has 1 atom stereocenters. The summed E-state index contributed by atoms with van der Waals surface area (Å²) in [5.74, 6) is -0.963. The van der Waals surface area contributed by atoms with E-state index in [1.54, 1.807) is 0 Å². The molecule has 0 aromatic rings. The van der Waals surface area contributed by atoms with E-state index in [0.29, 0.717) is 25.7 Å². The van der Waals surface area contributed by atoms with Gasteiger partial charge in [0.05, 0.1) is 0 Å². The number of carbonyl (C=O) groups is 3. The third-order valence-corrected chi connectivity index (χ3v) is 4.71. The molecule has 112 valence electrons. The number of amides is 2. The summed E-state index contributed by atoms with van der Waals surface area (Å²) in [6.07, 6.45) is 6.35. The van der Waals surface area contributed by atoms with Gasteiger partial charge in [-0.15, -0.1) is 0 Å². The molecule has 5 nitrogen and oxygen atoms in total. The first kappa shape index (κ1) is 15.0. The second kappa shape index (κ2) is 5.94. The lowest BCUT2D eigenvalue weighted by atomic mass is 9.76. The Kier molecular flexibility index (Phi) is 4.45. The fourth-order valence-electron chi connectivity index (χ4n) is 3.66. The topological polar surface area (TPSA) is 74.7 Å². The molecule has 0 bridgehead atoms. The largest absolute Gasteiger partial charge is 0.481 e. The van der Waals surface area contributed by atoms with E-state index >= 15 is 0 Å². The molecule has 1 N–H and O–H groups in total. The molecule has 1 spiro atoms. The third-order valence-electron chi connectivity index (χ3n) is 4.71. The van der Waals surface area contributed by atoms with Crippen molar-refractivity contribution in [2.75, 3.05) is 0 Å². The highest BCUT2D eigenvalue weighted by Crippen LogP contribution is 2.47. The van der Waals surface area contributed by atoms with Gasteiger partial charge in [0.1, 0.15) is 0 Å². The number of hydrogen-bond acceptors (Lipinski definition) is 3. The standard InChI is InChI=1S/C15H23NO4/c1-11(5-4-6-14(19)20)16-12(17)9-15(10-13(16)18)7-2-3-8-15/h11H,2-10H2,1H3,(H,19,20). The zero-order valence-electron chi connectivity index (χ0n) is 12.1. The van der Waals surface area contributed by atoms with E-state index in [4.69, 9.17) is 5.11 Å². The number of piperidine rings is 1. The van der Waals surface area contributed by atoms with Gasteiger partial charge in [-0.25, -0.2) is 0 Å². The zero-order valence-corrected chi connectivity index (χ0v) is 12.1. The summed E-state index contributed by atoms with van der Waals surface area (Å²) in [5.41, 5.74) is -0.0640. The lowest BCUT2D eigenvalue weighted by Gasteiger charge is -2.39. The SMILES string of the molecule is CC(CCCC(=O)O)N1C(=O)CC2(CCCC2)CC1=O. The highest BCUT2D eigenvalue weighted by Gasteiger charge is 2.46. The number of aliphatic carboxylic acids is 1. The van der Waals surface area contributed by atoms with Crippen LogP contribution < -0.4 is 0 Å². The van der Waals surface area contributed by atoms with Crippen LogP contribution in [-0.4, -0.2) is 33.8 Å². The molecule has 1 saturated heterocycles. The van der Waals surface area contributed by atoms with Gasteiger partial charge in [0.25, 0.3) is 0 Å². The maximum absolute atomic E-state index is 12.3. The number of imide groups is 1. The highest BCUT2D eigenvalue weighted by molar-refractivity contribution is 5.99. The highest BCUT2D eigenvalue weighted by atomic mass is 16.4. The molecule has 2 amide bonds. The zero-order chi connectivity index (χ0) is 14.8. The predicted octanol–water partition coefficient (Wildman–Crippen LogP) is 2.34. The Labute approximate surface area is 119 Å². The minimum absolute atomic E-state index is 0.0639. The summed E-state index contributed by atoms with van der Waals surface area (Å²) in [6.45, 7) is 1.84. The van der Waals surface area contributed by atoms with E-state index in [9.17, 15) is 14.4 Å². The molecular formula is C15H23NO4. The van der Waals surface area contributed by atoms with Crippen molar-refractivity contribution in [1.82, 2.24) is 4.90 Å². The molecule has 0 aromatic carbocycles. The Morgan fingerprint density at radius 2 is 1.80 bits per heavy atom. The van der Waals surface area contributed by atoms with Gasteiger partial charge in [-0.1, -0.05) is 12.8 Å². The summed E-state index contributed by atoms with van der Waals surface area (Å²) >= 11 is 0. The number of carboxylic acids is 1. The Morgan fingerprint density at radius 3 is 2.30 bits per heavy atom. The molecule has 1 aliphatic carbocycles. The molecule has 1 unspecified atom stereocenters. The molecule has 2 aliphatic rings. The molecule has 2 rings (SSSR count). The third kappa shape index (κ3) is 3.19. The minimum Gasteiger partial charge on any atom is -0.481 e. The molecular weight excluding hydrogens is 258 g/mol. The van der Waals surface area contributed by atoms with Crippen LogP contribution in [0.3, 0.4) is 0 Å². The van der Waals surface area contributed by atoms with Crippen molar-refractivity contribution < 1.29 is 19.5 Å². The van der Waals surface area contributed by atoms with E-state index in [1.165, 1.54) is 4.90 Å². The molecule has 2 fully saturated rings. The second-order valence-electron chi connectivity index (χ2n) is 6.35. The van der Waals surface area contributed by atoms with Gasteiger partial charge in [-0.2, -0.15) is 0 Å². The first-order chi connectivity index (χ1) is 9.43. The van der Waals surface area contributed by atoms with Crippen LogP contribution in [0.4, 0.5) is 0 Å². The second-order valence-corrected chi connectivity index (χ2v) is 6.35. The summed E-state index contributed by atoms with van der Waals surface area (Å²) < 4.78 is 0. The first-order valence-corrected chi connectivity index (χ1v) is 7.50. The number of rotatable bonds is 5. The number of hydrogen-bond donors (Lipinski definition) is 1. The van der Waals surface area contributed by atoms with Gasteiger partial charge in [-0.05, 0) is 38.0 Å². The van der Waals surface area contributed by atoms with Crippen molar-refractivity contribution in [3.63, 3.8) is 0 Å². The lowest BCUT2D eigenvalue weighted by Crippen LogP contribution is -2.51. The molecule has 1 saturated carbocycles. The van der Waals surface area contributed by atoms with Gasteiger partial charge >= 0.3 is 5.97 Å². The van der Waals surface area contributed by atoms with Crippen LogP contribution >= 0.6 is 0 Å². The molecule has 1 heterocycles. The Bertz CT molecular complexity index is 392. The smallest absolute Gasteiger partial charge is 0.303 e. The Morgan fingerprint density at radius 1 is 1.25 bits per heavy atom. The van der Waals surface area contributed by atoms with Crippen molar-refractivity contribution in [3.05, 3.63) is 0 Å². The molecule has 5 heteroatoms. The summed E-state index contributed by atoms with van der Waals surface area (Å²) in [6, 6.07) is -0.187. The molecule has 1 aliphatic heterocycles. The maximum Gasteiger partial charge on any atom is 0.303 e. The van der Waals surface area contributed by atoms with Crippen molar-refractivity contribution in [1.29, 1.82) is 0 Å². The lowest BCUT2D eigenvalue weighted by molar-refractivity contribution is -0.156. The van der Waals surface area contributed by atoms with Crippen LogP contribution in [0, 0.1) is 5.41 Å². The number of likely N-dealkylation sites (tertiary alicyclic amines) is 1. The van der Waals surface area contributed by atoms with Gasteiger partial charge in [0.15, 0.2) is 0 Å². The normalized spacial score (nSPS) is 23.4. The fourth-order valence-corrected chi connectivity index (χ4v) is 3.66. The van der Waals surface area contributed by atoms with Crippen LogP contribution in [0.5, 0.6) is 0 Å². The molecule has 20 heavy (non-hydrogen) atoms. The van der Waals surface area contributed by atoms with E-state index in [-0.39, 0.29) is 29.7 Å². The van der Waals surface area contributed by atoms with Gasteiger partial charge in [0.2, 0.25) is 11.8 Å². The number of nitrogens with zero attached hydrogens (tertiary/aromatic N) is 1. The fraction of sp³-hybridized carbons (Fsp3) is 0.800. The first-order valence-electron chi connectivity index (χ1n) is 7.50. The quantitative estimate of drug-likeness (QED) is 0.785. The maximum atomic E-state index is 12.3. The number of carbonyl (C=O) groups excluding carboxylic acids is 2. The monoisotopic (exact) mass is 281 g/mol. The Balaban J connectivity index is 1.93. The average molecular weight is 281 g/mol. The van der Waals surface area contributed by atoms with E-state index in [1.807, 2.05) is 6.92 Å².